The molecule has 0 bridgehead atoms. The first-order valence-corrected chi connectivity index (χ1v) is 9.49. The van der Waals surface area contributed by atoms with E-state index >= 15 is 0 Å². The number of hydrogen-bond donors (Lipinski definition) is 1. The molecule has 150 valence electrons. The molecule has 0 aliphatic carbocycles. The minimum atomic E-state index is -0.851. The van der Waals surface area contributed by atoms with E-state index in [1.54, 1.807) is 11.8 Å². The highest BCUT2D eigenvalue weighted by Gasteiger charge is 2.29. The van der Waals surface area contributed by atoms with Crippen molar-refractivity contribution >= 4 is 22.9 Å². The van der Waals surface area contributed by atoms with E-state index < -0.39 is 11.8 Å². The number of carbonyl (C=O) groups is 2. The normalized spacial score (nSPS) is 15.4. The summed E-state index contributed by atoms with van der Waals surface area (Å²) >= 11 is 0. The number of nitrogens with zero attached hydrogens (tertiary/aromatic N) is 4. The molecule has 1 amide bonds. The van der Waals surface area contributed by atoms with Gasteiger partial charge < -0.3 is 10.0 Å². The SMILES string of the molecule is CCN(CC(=O)O)C1CCN(C(=O)c2cc(F)cc3nc(C)c(C)nc23)CC1. The number of aryl methyl sites for hydroxylation is 2. The van der Waals surface area contributed by atoms with Crippen LogP contribution in [0.1, 0.15) is 41.5 Å². The van der Waals surface area contributed by atoms with Crippen molar-refractivity contribution in [3.8, 4) is 0 Å². The largest absolute Gasteiger partial charge is 0.480 e. The van der Waals surface area contributed by atoms with E-state index in [1.807, 2.05) is 18.7 Å². The van der Waals surface area contributed by atoms with Crippen molar-refractivity contribution in [2.24, 2.45) is 0 Å². The molecular weight excluding hydrogens is 363 g/mol. The Balaban J connectivity index is 1.80. The van der Waals surface area contributed by atoms with E-state index in [4.69, 9.17) is 5.11 Å². The zero-order valence-electron chi connectivity index (χ0n) is 16.4. The molecule has 0 saturated carbocycles. The summed E-state index contributed by atoms with van der Waals surface area (Å²) < 4.78 is 14.1. The Morgan fingerprint density at radius 1 is 1.21 bits per heavy atom. The molecule has 0 radical (unpaired) electrons. The lowest BCUT2D eigenvalue weighted by molar-refractivity contribution is -0.139. The lowest BCUT2D eigenvalue weighted by atomic mass is 10.0. The molecule has 1 aromatic heterocycles. The van der Waals surface area contributed by atoms with Crippen LogP contribution in [0.2, 0.25) is 0 Å². The first kappa shape index (κ1) is 20.1. The van der Waals surface area contributed by atoms with Crippen LogP contribution in [0, 0.1) is 19.7 Å². The van der Waals surface area contributed by atoms with Gasteiger partial charge in [-0.2, -0.15) is 0 Å². The molecule has 0 unspecified atom stereocenters. The Morgan fingerprint density at radius 2 is 1.86 bits per heavy atom. The fraction of sp³-hybridized carbons (Fsp3) is 0.500. The Labute approximate surface area is 163 Å². The number of carboxylic acids is 1. The van der Waals surface area contributed by atoms with Crippen molar-refractivity contribution in [3.63, 3.8) is 0 Å². The second-order valence-electron chi connectivity index (χ2n) is 7.20. The maximum atomic E-state index is 14.1. The Morgan fingerprint density at radius 3 is 2.46 bits per heavy atom. The summed E-state index contributed by atoms with van der Waals surface area (Å²) in [5.41, 5.74) is 2.43. The highest BCUT2D eigenvalue weighted by molar-refractivity contribution is 6.04. The topological polar surface area (TPSA) is 86.6 Å². The summed E-state index contributed by atoms with van der Waals surface area (Å²) in [5.74, 6) is -1.63. The number of aromatic nitrogens is 2. The van der Waals surface area contributed by atoms with Gasteiger partial charge in [0.2, 0.25) is 0 Å². The maximum Gasteiger partial charge on any atom is 0.317 e. The summed E-state index contributed by atoms with van der Waals surface area (Å²) in [7, 11) is 0. The molecule has 1 N–H and O–H groups in total. The summed E-state index contributed by atoms with van der Waals surface area (Å²) in [5, 5.41) is 9.05. The monoisotopic (exact) mass is 388 g/mol. The third-order valence-electron chi connectivity index (χ3n) is 5.39. The zero-order chi connectivity index (χ0) is 20.4. The molecule has 1 aliphatic heterocycles. The minimum Gasteiger partial charge on any atom is -0.480 e. The molecule has 1 saturated heterocycles. The molecule has 1 fully saturated rings. The number of likely N-dealkylation sites (N-methyl/N-ethyl adjacent to an activating group) is 1. The van der Waals surface area contributed by atoms with Crippen LogP contribution >= 0.6 is 0 Å². The van der Waals surface area contributed by atoms with Gasteiger partial charge in [-0.15, -0.1) is 0 Å². The van der Waals surface area contributed by atoms with Crippen LogP contribution < -0.4 is 0 Å². The van der Waals surface area contributed by atoms with E-state index in [1.165, 1.54) is 12.1 Å². The molecule has 8 heteroatoms. The van der Waals surface area contributed by atoms with Gasteiger partial charge in [0.05, 0.1) is 29.0 Å². The predicted molar refractivity (Wildman–Crippen MR) is 103 cm³/mol. The van der Waals surface area contributed by atoms with Gasteiger partial charge in [0.25, 0.3) is 5.91 Å². The van der Waals surface area contributed by atoms with E-state index in [-0.39, 0.29) is 24.1 Å². The van der Waals surface area contributed by atoms with Crippen LogP contribution in [0.25, 0.3) is 11.0 Å². The lowest BCUT2D eigenvalue weighted by Gasteiger charge is -2.37. The van der Waals surface area contributed by atoms with E-state index in [9.17, 15) is 14.0 Å². The summed E-state index contributed by atoms with van der Waals surface area (Å²) in [6.07, 6.45) is 1.37. The molecule has 7 nitrogen and oxygen atoms in total. The fourth-order valence-corrected chi connectivity index (χ4v) is 3.74. The highest BCUT2D eigenvalue weighted by Crippen LogP contribution is 2.23. The number of amides is 1. The van der Waals surface area contributed by atoms with Gasteiger partial charge in [-0.25, -0.2) is 14.4 Å². The molecule has 0 atom stereocenters. The minimum absolute atomic E-state index is 0.00212. The van der Waals surface area contributed by atoms with Crippen LogP contribution in [0.5, 0.6) is 0 Å². The third-order valence-corrected chi connectivity index (χ3v) is 5.39. The maximum absolute atomic E-state index is 14.1. The predicted octanol–water partition coefficient (Wildman–Crippen LogP) is 2.40. The van der Waals surface area contributed by atoms with Crippen LogP contribution in [-0.2, 0) is 4.79 Å². The van der Waals surface area contributed by atoms with Crippen LogP contribution in [0.4, 0.5) is 4.39 Å². The number of piperidine rings is 1. The average Bonchev–Trinajstić information content (AvgIpc) is 2.66. The van der Waals surface area contributed by atoms with Crippen molar-refractivity contribution in [2.75, 3.05) is 26.2 Å². The Hall–Kier alpha value is -2.61. The number of aliphatic carboxylic acids is 1. The summed E-state index contributed by atoms with van der Waals surface area (Å²) in [4.78, 5) is 36.5. The molecule has 3 rings (SSSR count). The molecule has 0 spiro atoms. The van der Waals surface area contributed by atoms with Crippen molar-refractivity contribution in [3.05, 3.63) is 34.9 Å². The van der Waals surface area contributed by atoms with Gasteiger partial charge in [0.15, 0.2) is 0 Å². The number of carbonyl (C=O) groups excluding carboxylic acids is 1. The first-order valence-electron chi connectivity index (χ1n) is 9.49. The van der Waals surface area contributed by atoms with Gasteiger partial charge >= 0.3 is 5.97 Å². The average molecular weight is 388 g/mol. The smallest absolute Gasteiger partial charge is 0.317 e. The van der Waals surface area contributed by atoms with Gasteiger partial charge in [-0.1, -0.05) is 6.92 Å². The second kappa shape index (κ2) is 8.18. The summed E-state index contributed by atoms with van der Waals surface area (Å²) in [6.45, 7) is 7.18. The fourth-order valence-electron chi connectivity index (χ4n) is 3.74. The molecule has 1 aromatic carbocycles. The third kappa shape index (κ3) is 4.11. The Kier molecular flexibility index (Phi) is 5.88. The van der Waals surface area contributed by atoms with Crippen molar-refractivity contribution < 1.29 is 19.1 Å². The van der Waals surface area contributed by atoms with Crippen molar-refractivity contribution in [1.82, 2.24) is 19.8 Å². The van der Waals surface area contributed by atoms with E-state index in [0.717, 1.165) is 0 Å². The van der Waals surface area contributed by atoms with E-state index in [0.29, 0.717) is 54.9 Å². The van der Waals surface area contributed by atoms with Gasteiger partial charge in [0, 0.05) is 25.2 Å². The molecular formula is C20H25FN4O3. The number of benzene rings is 1. The summed E-state index contributed by atoms with van der Waals surface area (Å²) in [6, 6.07) is 2.64. The molecule has 1 aliphatic rings. The zero-order valence-corrected chi connectivity index (χ0v) is 16.4. The van der Waals surface area contributed by atoms with Crippen LogP contribution in [0.3, 0.4) is 0 Å². The Bertz CT molecular complexity index is 910. The number of carboxylic acid groups (broad SMARTS) is 1. The second-order valence-corrected chi connectivity index (χ2v) is 7.20. The van der Waals surface area contributed by atoms with E-state index in [2.05, 4.69) is 9.97 Å². The molecule has 28 heavy (non-hydrogen) atoms. The van der Waals surface area contributed by atoms with Crippen LogP contribution in [-0.4, -0.2) is 69.0 Å². The number of rotatable bonds is 5. The quantitative estimate of drug-likeness (QED) is 0.846. The highest BCUT2D eigenvalue weighted by atomic mass is 19.1. The standard InChI is InChI=1S/C20H25FN4O3/c1-4-24(11-18(26)27)15-5-7-25(8-6-15)20(28)16-9-14(21)10-17-19(16)23-13(3)12(2)22-17/h9-10,15H,4-8,11H2,1-3H3,(H,26,27). The van der Waals surface area contributed by atoms with Gasteiger partial charge in [-0.3, -0.25) is 14.5 Å². The number of hydrogen-bond acceptors (Lipinski definition) is 5. The molecule has 2 aromatic rings. The number of likely N-dealkylation sites (tertiary alicyclic amines) is 1. The van der Waals surface area contributed by atoms with Gasteiger partial charge in [0.1, 0.15) is 11.3 Å². The lowest BCUT2D eigenvalue weighted by Crippen LogP contribution is -2.48. The van der Waals surface area contributed by atoms with Gasteiger partial charge in [-0.05, 0) is 39.3 Å². The van der Waals surface area contributed by atoms with Crippen molar-refractivity contribution in [1.29, 1.82) is 0 Å². The van der Waals surface area contributed by atoms with Crippen molar-refractivity contribution in [2.45, 2.75) is 39.7 Å². The number of fused-ring (bicyclic) bond motifs is 1. The number of halogens is 1. The molecule has 2 heterocycles. The van der Waals surface area contributed by atoms with Crippen LogP contribution in [0.15, 0.2) is 12.1 Å². The first-order chi connectivity index (χ1) is 13.3.